The van der Waals surface area contributed by atoms with Crippen molar-refractivity contribution in [2.75, 3.05) is 6.54 Å². The van der Waals surface area contributed by atoms with E-state index in [4.69, 9.17) is 0 Å². The van der Waals surface area contributed by atoms with Gasteiger partial charge in [-0.05, 0) is 25.7 Å². The lowest BCUT2D eigenvalue weighted by Crippen LogP contribution is -2.62. The number of hydrogen-bond donors (Lipinski definition) is 1. The maximum atomic E-state index is 12.2. The molecule has 116 valence electrons. The van der Waals surface area contributed by atoms with Gasteiger partial charge in [-0.3, -0.25) is 9.59 Å². The molecule has 0 bridgehead atoms. The van der Waals surface area contributed by atoms with Gasteiger partial charge in [0.15, 0.2) is 0 Å². The second kappa shape index (κ2) is 8.28. The first kappa shape index (κ1) is 17.0. The molecule has 0 radical (unpaired) electrons. The molecule has 0 aromatic rings. The quantitative estimate of drug-likeness (QED) is 0.696. The molecule has 1 aliphatic rings. The average molecular weight is 282 g/mol. The number of amides is 2. The molecule has 1 fully saturated rings. The zero-order valence-corrected chi connectivity index (χ0v) is 13.4. The number of nitrogens with one attached hydrogen (secondary N) is 1. The van der Waals surface area contributed by atoms with Crippen molar-refractivity contribution in [1.29, 1.82) is 0 Å². The second-order valence-electron chi connectivity index (χ2n) is 6.27. The number of carbonyl (C=O) groups excluding carboxylic acids is 2. The van der Waals surface area contributed by atoms with Gasteiger partial charge in [0.2, 0.25) is 11.8 Å². The van der Waals surface area contributed by atoms with E-state index in [1.54, 1.807) is 4.90 Å². The molecule has 1 heterocycles. The fourth-order valence-electron chi connectivity index (χ4n) is 2.66. The number of piperazine rings is 1. The number of unbranched alkanes of at least 4 members (excludes halogenated alkanes) is 3. The summed E-state index contributed by atoms with van der Waals surface area (Å²) in [5.74, 6) is 0.839. The zero-order chi connectivity index (χ0) is 15.1. The second-order valence-corrected chi connectivity index (χ2v) is 6.27. The molecule has 1 rings (SSSR count). The lowest BCUT2D eigenvalue weighted by molar-refractivity contribution is -0.148. The van der Waals surface area contributed by atoms with Gasteiger partial charge >= 0.3 is 0 Å². The summed E-state index contributed by atoms with van der Waals surface area (Å²) in [5.41, 5.74) is 0. The molecule has 0 spiro atoms. The van der Waals surface area contributed by atoms with Gasteiger partial charge < -0.3 is 10.2 Å². The van der Waals surface area contributed by atoms with Crippen LogP contribution in [0.25, 0.3) is 0 Å². The zero-order valence-electron chi connectivity index (χ0n) is 13.4. The van der Waals surface area contributed by atoms with Crippen molar-refractivity contribution in [3.63, 3.8) is 0 Å². The highest BCUT2D eigenvalue weighted by molar-refractivity contribution is 5.96. The van der Waals surface area contributed by atoms with Crippen LogP contribution in [0.5, 0.6) is 0 Å². The minimum Gasteiger partial charge on any atom is -0.343 e. The molecule has 0 aromatic heterocycles. The summed E-state index contributed by atoms with van der Waals surface area (Å²) in [4.78, 5) is 25.8. The Labute approximate surface area is 123 Å². The van der Waals surface area contributed by atoms with E-state index in [1.165, 1.54) is 19.3 Å². The van der Waals surface area contributed by atoms with E-state index in [0.29, 0.717) is 13.0 Å². The van der Waals surface area contributed by atoms with Crippen LogP contribution in [-0.2, 0) is 9.59 Å². The first-order chi connectivity index (χ1) is 9.47. The number of rotatable bonds is 8. The van der Waals surface area contributed by atoms with Crippen molar-refractivity contribution in [2.45, 2.75) is 78.3 Å². The highest BCUT2D eigenvalue weighted by atomic mass is 16.2. The summed E-state index contributed by atoms with van der Waals surface area (Å²) in [6.07, 6.45) is 6.57. The predicted molar refractivity (Wildman–Crippen MR) is 81.3 cm³/mol. The van der Waals surface area contributed by atoms with Gasteiger partial charge in [0.25, 0.3) is 0 Å². The average Bonchev–Trinajstić information content (AvgIpc) is 2.40. The van der Waals surface area contributed by atoms with Gasteiger partial charge in [0, 0.05) is 6.54 Å². The van der Waals surface area contributed by atoms with Crippen LogP contribution < -0.4 is 5.32 Å². The minimum absolute atomic E-state index is 0.0174. The molecule has 4 nitrogen and oxygen atoms in total. The SMILES string of the molecule is CCC1NC(=O)C(C)N(CCCCCCC(C)C)C1=O. The van der Waals surface area contributed by atoms with Crippen molar-refractivity contribution < 1.29 is 9.59 Å². The Bertz CT molecular complexity index is 328. The first-order valence-electron chi connectivity index (χ1n) is 8.08. The molecule has 0 saturated carbocycles. The van der Waals surface area contributed by atoms with Crippen molar-refractivity contribution in [3.05, 3.63) is 0 Å². The van der Waals surface area contributed by atoms with Crippen molar-refractivity contribution >= 4 is 11.8 Å². The molecule has 2 unspecified atom stereocenters. The van der Waals surface area contributed by atoms with Crippen LogP contribution in [0.1, 0.15) is 66.2 Å². The summed E-state index contributed by atoms with van der Waals surface area (Å²) in [5, 5.41) is 2.79. The van der Waals surface area contributed by atoms with Crippen molar-refractivity contribution in [2.24, 2.45) is 5.92 Å². The Morgan fingerprint density at radius 2 is 1.80 bits per heavy atom. The van der Waals surface area contributed by atoms with Crippen LogP contribution in [-0.4, -0.2) is 35.3 Å². The lowest BCUT2D eigenvalue weighted by Gasteiger charge is -2.37. The largest absolute Gasteiger partial charge is 0.343 e. The van der Waals surface area contributed by atoms with E-state index >= 15 is 0 Å². The van der Waals surface area contributed by atoms with Crippen LogP contribution in [0, 0.1) is 5.92 Å². The third-order valence-corrected chi connectivity index (χ3v) is 4.08. The summed E-state index contributed by atoms with van der Waals surface area (Å²) >= 11 is 0. The Balaban J connectivity index is 2.33. The van der Waals surface area contributed by atoms with Gasteiger partial charge in [-0.1, -0.05) is 46.5 Å². The Morgan fingerprint density at radius 1 is 1.15 bits per heavy atom. The van der Waals surface area contributed by atoms with Crippen LogP contribution in [0.4, 0.5) is 0 Å². The molecule has 1 aliphatic heterocycles. The summed E-state index contributed by atoms with van der Waals surface area (Å²) < 4.78 is 0. The van der Waals surface area contributed by atoms with Crippen LogP contribution in [0.3, 0.4) is 0 Å². The van der Waals surface area contributed by atoms with E-state index in [0.717, 1.165) is 18.8 Å². The van der Waals surface area contributed by atoms with Crippen LogP contribution in [0.15, 0.2) is 0 Å². The monoisotopic (exact) mass is 282 g/mol. The minimum atomic E-state index is -0.320. The Kier molecular flexibility index (Phi) is 7.03. The first-order valence-corrected chi connectivity index (χ1v) is 8.08. The van der Waals surface area contributed by atoms with Crippen molar-refractivity contribution in [3.8, 4) is 0 Å². The van der Waals surface area contributed by atoms with Gasteiger partial charge in [-0.15, -0.1) is 0 Å². The Morgan fingerprint density at radius 3 is 2.40 bits per heavy atom. The Hall–Kier alpha value is -1.06. The molecule has 1 N–H and O–H groups in total. The van der Waals surface area contributed by atoms with Gasteiger partial charge in [-0.25, -0.2) is 0 Å². The van der Waals surface area contributed by atoms with E-state index in [1.807, 2.05) is 13.8 Å². The molecular formula is C16H30N2O2. The van der Waals surface area contributed by atoms with E-state index in [9.17, 15) is 9.59 Å². The van der Waals surface area contributed by atoms with E-state index < -0.39 is 0 Å². The van der Waals surface area contributed by atoms with Crippen LogP contribution >= 0.6 is 0 Å². The summed E-state index contributed by atoms with van der Waals surface area (Å²) in [6, 6.07) is -0.638. The smallest absolute Gasteiger partial charge is 0.245 e. The van der Waals surface area contributed by atoms with Gasteiger partial charge in [-0.2, -0.15) is 0 Å². The molecule has 2 amide bonds. The summed E-state index contributed by atoms with van der Waals surface area (Å²) in [7, 11) is 0. The maximum absolute atomic E-state index is 12.2. The van der Waals surface area contributed by atoms with Gasteiger partial charge in [0.1, 0.15) is 12.1 Å². The standard InChI is InChI=1S/C16H30N2O2/c1-5-14-16(20)18(13(4)15(19)17-14)11-9-7-6-8-10-12(2)3/h12-14H,5-11H2,1-4H3,(H,17,19). The van der Waals surface area contributed by atoms with Crippen LogP contribution in [0.2, 0.25) is 0 Å². The highest BCUT2D eigenvalue weighted by Crippen LogP contribution is 2.15. The van der Waals surface area contributed by atoms with Crippen molar-refractivity contribution in [1.82, 2.24) is 10.2 Å². The number of carbonyl (C=O) groups is 2. The molecule has 20 heavy (non-hydrogen) atoms. The third-order valence-electron chi connectivity index (χ3n) is 4.08. The molecule has 0 aliphatic carbocycles. The summed E-state index contributed by atoms with van der Waals surface area (Å²) in [6.45, 7) is 8.96. The topological polar surface area (TPSA) is 49.4 Å². The molecule has 4 heteroatoms. The number of nitrogens with zero attached hydrogens (tertiary/aromatic N) is 1. The van der Waals surface area contributed by atoms with Gasteiger partial charge in [0.05, 0.1) is 0 Å². The maximum Gasteiger partial charge on any atom is 0.245 e. The fourth-order valence-corrected chi connectivity index (χ4v) is 2.66. The molecule has 0 aromatic carbocycles. The highest BCUT2D eigenvalue weighted by Gasteiger charge is 2.36. The van der Waals surface area contributed by atoms with E-state index in [2.05, 4.69) is 19.2 Å². The fraction of sp³-hybridized carbons (Fsp3) is 0.875. The molecular weight excluding hydrogens is 252 g/mol. The number of hydrogen-bond acceptors (Lipinski definition) is 2. The molecule has 1 saturated heterocycles. The predicted octanol–water partition coefficient (Wildman–Crippen LogP) is 2.72. The normalized spacial score (nSPS) is 23.4. The molecule has 2 atom stereocenters. The third kappa shape index (κ3) is 4.80. The van der Waals surface area contributed by atoms with E-state index in [-0.39, 0.29) is 23.9 Å². The lowest BCUT2D eigenvalue weighted by atomic mass is 10.0.